The van der Waals surface area contributed by atoms with Crippen molar-refractivity contribution in [2.24, 2.45) is 5.92 Å². The number of fused-ring (bicyclic) bond motifs is 9. The van der Waals surface area contributed by atoms with E-state index in [1.54, 1.807) is 13.2 Å². The van der Waals surface area contributed by atoms with Crippen LogP contribution in [0.15, 0.2) is 30.3 Å². The fraction of sp³-hybridized carbons (Fsp3) is 0.350. The Kier molecular flexibility index (Phi) is 3.03. The summed E-state index contributed by atoms with van der Waals surface area (Å²) in [5.74, 6) is 1.30. The van der Waals surface area contributed by atoms with Crippen LogP contribution < -0.4 is 9.47 Å². The van der Waals surface area contributed by atoms with Crippen LogP contribution in [0.3, 0.4) is 0 Å². The lowest BCUT2D eigenvalue weighted by Gasteiger charge is -2.33. The Morgan fingerprint density at radius 1 is 1.16 bits per heavy atom. The van der Waals surface area contributed by atoms with Crippen LogP contribution in [0.4, 0.5) is 0 Å². The van der Waals surface area contributed by atoms with Gasteiger partial charge >= 0.3 is 0 Å². The highest BCUT2D eigenvalue weighted by atomic mass is 16.7. The van der Waals surface area contributed by atoms with Crippen molar-refractivity contribution in [2.75, 3.05) is 7.11 Å². The first kappa shape index (κ1) is 14.9. The van der Waals surface area contributed by atoms with Crippen LogP contribution in [0.5, 0.6) is 11.5 Å². The molecule has 2 aromatic carbocycles. The van der Waals surface area contributed by atoms with Crippen LogP contribution >= 0.6 is 0 Å². The van der Waals surface area contributed by atoms with E-state index in [1.807, 2.05) is 31.2 Å². The molecule has 3 aliphatic rings. The number of hydrogen-bond donors (Lipinski definition) is 1. The number of benzene rings is 2. The topological polar surface area (TPSA) is 65.0 Å². The van der Waals surface area contributed by atoms with Crippen molar-refractivity contribution in [1.82, 2.24) is 0 Å². The Morgan fingerprint density at radius 3 is 2.80 bits per heavy atom. The number of Topliss-reactive ketones (excluding diaryl/α,β-unsaturated/α-hetero) is 1. The molecule has 5 heteroatoms. The molecule has 0 aromatic heterocycles. The van der Waals surface area contributed by atoms with Gasteiger partial charge in [0.2, 0.25) is 6.29 Å². The molecule has 0 radical (unpaired) electrons. The first-order valence-electron chi connectivity index (χ1n) is 8.47. The molecule has 1 aliphatic carbocycles. The molecule has 25 heavy (non-hydrogen) atoms. The van der Waals surface area contributed by atoms with E-state index in [-0.39, 0.29) is 17.8 Å². The predicted molar refractivity (Wildman–Crippen MR) is 88.8 cm³/mol. The van der Waals surface area contributed by atoms with E-state index < -0.39 is 12.4 Å². The van der Waals surface area contributed by atoms with E-state index >= 15 is 0 Å². The molecular weight excluding hydrogens is 320 g/mol. The van der Waals surface area contributed by atoms with E-state index in [4.69, 9.17) is 14.2 Å². The Labute approximate surface area is 145 Å². The second-order valence-electron chi connectivity index (χ2n) is 6.92. The summed E-state index contributed by atoms with van der Waals surface area (Å²) >= 11 is 0. The Morgan fingerprint density at radius 2 is 2.00 bits per heavy atom. The van der Waals surface area contributed by atoms with Crippen LogP contribution in [0.25, 0.3) is 0 Å². The molecule has 0 fully saturated rings. The van der Waals surface area contributed by atoms with Gasteiger partial charge in [0.05, 0.1) is 18.8 Å². The maximum absolute atomic E-state index is 12.8. The quantitative estimate of drug-likeness (QED) is 0.863. The number of ketones is 1. The highest BCUT2D eigenvalue weighted by Crippen LogP contribution is 2.55. The third kappa shape index (κ3) is 1.88. The number of hydrogen-bond acceptors (Lipinski definition) is 5. The number of carbonyl (C=O) groups excluding carboxylic acids is 1. The lowest BCUT2D eigenvalue weighted by Crippen LogP contribution is -2.27. The van der Waals surface area contributed by atoms with Gasteiger partial charge < -0.3 is 19.3 Å². The summed E-state index contributed by atoms with van der Waals surface area (Å²) in [4.78, 5) is 12.8. The molecule has 2 aromatic rings. The maximum Gasteiger partial charge on any atom is 0.231 e. The van der Waals surface area contributed by atoms with Crippen molar-refractivity contribution in [3.05, 3.63) is 58.1 Å². The summed E-state index contributed by atoms with van der Waals surface area (Å²) in [7, 11) is 1.62. The Balaban J connectivity index is 1.75. The van der Waals surface area contributed by atoms with Gasteiger partial charge in [0, 0.05) is 17.5 Å². The molecule has 0 unspecified atom stereocenters. The zero-order valence-electron chi connectivity index (χ0n) is 14.0. The lowest BCUT2D eigenvalue weighted by atomic mass is 9.78. The minimum atomic E-state index is -0.651. The zero-order valence-corrected chi connectivity index (χ0v) is 14.0. The van der Waals surface area contributed by atoms with Crippen molar-refractivity contribution in [1.29, 1.82) is 0 Å². The molecular formula is C20H18O5. The molecule has 2 aliphatic heterocycles. The van der Waals surface area contributed by atoms with Crippen LogP contribution in [0.1, 0.15) is 64.5 Å². The minimum absolute atomic E-state index is 0.0339. The summed E-state index contributed by atoms with van der Waals surface area (Å²) in [6.45, 7) is 1.89. The minimum Gasteiger partial charge on any atom is -0.496 e. The number of ether oxygens (including phenoxy) is 3. The highest BCUT2D eigenvalue weighted by Gasteiger charge is 2.46. The summed E-state index contributed by atoms with van der Waals surface area (Å²) in [6.07, 6.45) is -1.24. The molecule has 1 N–H and O–H groups in total. The molecule has 2 heterocycles. The van der Waals surface area contributed by atoms with E-state index in [9.17, 15) is 9.90 Å². The van der Waals surface area contributed by atoms with Crippen molar-refractivity contribution in [2.45, 2.75) is 31.8 Å². The van der Waals surface area contributed by atoms with Crippen LogP contribution in [0, 0.1) is 5.92 Å². The lowest BCUT2D eigenvalue weighted by molar-refractivity contribution is -0.110. The molecule has 5 nitrogen and oxygen atoms in total. The van der Waals surface area contributed by atoms with Gasteiger partial charge in [-0.15, -0.1) is 0 Å². The van der Waals surface area contributed by atoms with Gasteiger partial charge in [-0.25, -0.2) is 0 Å². The van der Waals surface area contributed by atoms with Crippen molar-refractivity contribution in [3.63, 3.8) is 0 Å². The highest BCUT2D eigenvalue weighted by molar-refractivity contribution is 6.01. The molecule has 2 bridgehead atoms. The SMILES string of the molecule is COc1cccc2c1[C@@H]1Oc3ccc4c(c3[C@H]2O1)C(=O)C[C@@H](C)[C@@H]4O. The Bertz CT molecular complexity index is 903. The van der Waals surface area contributed by atoms with Gasteiger partial charge in [-0.1, -0.05) is 25.1 Å². The smallest absolute Gasteiger partial charge is 0.231 e. The predicted octanol–water partition coefficient (Wildman–Crippen LogP) is 3.46. The first-order chi connectivity index (χ1) is 12.1. The van der Waals surface area contributed by atoms with Gasteiger partial charge in [-0.3, -0.25) is 4.79 Å². The Hall–Kier alpha value is -2.37. The van der Waals surface area contributed by atoms with E-state index in [0.717, 1.165) is 16.7 Å². The van der Waals surface area contributed by atoms with Gasteiger partial charge in [0.15, 0.2) is 5.78 Å². The molecule has 5 rings (SSSR count). The van der Waals surface area contributed by atoms with Gasteiger partial charge in [0.25, 0.3) is 0 Å². The molecule has 0 saturated carbocycles. The number of methoxy groups -OCH3 is 1. The second kappa shape index (κ2) is 5.07. The fourth-order valence-electron chi connectivity index (χ4n) is 4.26. The standard InChI is InChI=1S/C20H18O5/c1-9-8-12(21)15-10(18(9)22)6-7-14-17(15)19-11-4-3-5-13(23-2)16(11)20(24-14)25-19/h3-7,9,18-20,22H,8H2,1-2H3/t9-,18+,19+,20-/m1/s1. The summed E-state index contributed by atoms with van der Waals surface area (Å²) in [5, 5.41) is 10.5. The third-order valence-electron chi connectivity index (χ3n) is 5.48. The molecule has 0 spiro atoms. The second-order valence-corrected chi connectivity index (χ2v) is 6.92. The normalized spacial score (nSPS) is 28.7. The first-order valence-corrected chi connectivity index (χ1v) is 8.47. The van der Waals surface area contributed by atoms with Gasteiger partial charge in [-0.2, -0.15) is 0 Å². The average Bonchev–Trinajstić information content (AvgIpc) is 2.92. The van der Waals surface area contributed by atoms with E-state index in [1.165, 1.54) is 0 Å². The fourth-order valence-corrected chi connectivity index (χ4v) is 4.26. The molecule has 0 saturated heterocycles. The van der Waals surface area contributed by atoms with Crippen LogP contribution in [-0.2, 0) is 4.74 Å². The average molecular weight is 338 g/mol. The monoisotopic (exact) mass is 338 g/mol. The van der Waals surface area contributed by atoms with Crippen molar-refractivity contribution in [3.8, 4) is 11.5 Å². The number of aliphatic hydroxyl groups excluding tert-OH is 1. The molecule has 0 amide bonds. The van der Waals surface area contributed by atoms with E-state index in [0.29, 0.717) is 29.0 Å². The third-order valence-corrected chi connectivity index (χ3v) is 5.48. The molecule has 4 atom stereocenters. The maximum atomic E-state index is 12.8. The van der Waals surface area contributed by atoms with Gasteiger partial charge in [0.1, 0.15) is 17.6 Å². The number of rotatable bonds is 1. The summed E-state index contributed by atoms with van der Waals surface area (Å²) in [5.41, 5.74) is 3.79. The van der Waals surface area contributed by atoms with Crippen molar-refractivity contribution < 1.29 is 24.1 Å². The zero-order chi connectivity index (χ0) is 17.3. The number of aliphatic hydroxyl groups is 1. The number of carbonyl (C=O) groups is 1. The largest absolute Gasteiger partial charge is 0.496 e. The summed E-state index contributed by atoms with van der Waals surface area (Å²) < 4.78 is 17.6. The van der Waals surface area contributed by atoms with Crippen LogP contribution in [-0.4, -0.2) is 18.0 Å². The summed E-state index contributed by atoms with van der Waals surface area (Å²) in [6, 6.07) is 9.41. The van der Waals surface area contributed by atoms with Gasteiger partial charge in [-0.05, 0) is 29.2 Å². The van der Waals surface area contributed by atoms with E-state index in [2.05, 4.69) is 0 Å². The molecule has 128 valence electrons. The van der Waals surface area contributed by atoms with Crippen LogP contribution in [0.2, 0.25) is 0 Å². The van der Waals surface area contributed by atoms with Crippen molar-refractivity contribution >= 4 is 5.78 Å².